The third kappa shape index (κ3) is 5.37. The summed E-state index contributed by atoms with van der Waals surface area (Å²) in [6.45, 7) is 3.44. The van der Waals surface area contributed by atoms with E-state index in [0.29, 0.717) is 5.25 Å². The lowest BCUT2D eigenvalue weighted by Gasteiger charge is -2.23. The highest BCUT2D eigenvalue weighted by atomic mass is 32.2. The van der Waals surface area contributed by atoms with Crippen LogP contribution in [0.5, 0.6) is 0 Å². The van der Waals surface area contributed by atoms with E-state index in [0.717, 1.165) is 11.4 Å². The van der Waals surface area contributed by atoms with Crippen LogP contribution < -0.4 is 10.6 Å². The van der Waals surface area contributed by atoms with E-state index in [1.165, 1.54) is 39.0 Å². The van der Waals surface area contributed by atoms with Gasteiger partial charge in [-0.25, -0.2) is 0 Å². The number of thioether (sulfide) groups is 1. The first-order valence-corrected chi connectivity index (χ1v) is 8.83. The molecule has 0 aliphatic heterocycles. The van der Waals surface area contributed by atoms with Crippen LogP contribution in [0.3, 0.4) is 0 Å². The highest BCUT2D eigenvalue weighted by Gasteiger charge is 2.21. The van der Waals surface area contributed by atoms with Gasteiger partial charge in [0.15, 0.2) is 0 Å². The van der Waals surface area contributed by atoms with Crippen LogP contribution in [-0.4, -0.2) is 22.3 Å². The molecule has 0 saturated heterocycles. The molecule has 1 aliphatic carbocycles. The van der Waals surface area contributed by atoms with Gasteiger partial charge >= 0.3 is 0 Å². The molecular formula is C17H24N2O2S. The molecule has 0 aromatic heterocycles. The molecule has 1 aliphatic rings. The first kappa shape index (κ1) is 16.9. The van der Waals surface area contributed by atoms with E-state index in [1.807, 2.05) is 6.92 Å². The zero-order chi connectivity index (χ0) is 15.9. The zero-order valence-electron chi connectivity index (χ0n) is 13.2. The quantitative estimate of drug-likeness (QED) is 0.861. The molecule has 0 spiro atoms. The minimum absolute atomic E-state index is 0.0434. The Morgan fingerprint density at radius 2 is 1.59 bits per heavy atom. The van der Waals surface area contributed by atoms with Gasteiger partial charge in [-0.05, 0) is 44.0 Å². The molecule has 0 heterocycles. The molecule has 1 aromatic carbocycles. The number of amides is 2. The summed E-state index contributed by atoms with van der Waals surface area (Å²) < 4.78 is 0. The maximum absolute atomic E-state index is 12.2. The third-order valence-corrected chi connectivity index (χ3v) is 5.27. The average Bonchev–Trinajstić information content (AvgIpc) is 2.49. The number of anilines is 2. The van der Waals surface area contributed by atoms with Crippen molar-refractivity contribution in [2.45, 2.75) is 56.5 Å². The molecule has 5 heteroatoms. The number of carbonyl (C=O) groups is 2. The first-order chi connectivity index (χ1) is 10.5. The Bertz CT molecular complexity index is 510. The second-order valence-corrected chi connectivity index (χ2v) is 7.43. The Kier molecular flexibility index (Phi) is 6.31. The van der Waals surface area contributed by atoms with Crippen LogP contribution >= 0.6 is 11.8 Å². The molecular weight excluding hydrogens is 296 g/mol. The summed E-state index contributed by atoms with van der Waals surface area (Å²) in [4.78, 5) is 23.2. The topological polar surface area (TPSA) is 58.2 Å². The highest BCUT2D eigenvalue weighted by molar-refractivity contribution is 8.01. The number of carbonyl (C=O) groups excluding carboxylic acids is 2. The van der Waals surface area contributed by atoms with Crippen molar-refractivity contribution in [3.8, 4) is 0 Å². The van der Waals surface area contributed by atoms with E-state index in [9.17, 15) is 9.59 Å². The fourth-order valence-electron chi connectivity index (χ4n) is 2.64. The number of hydrogen-bond acceptors (Lipinski definition) is 3. The Labute approximate surface area is 136 Å². The fourth-order valence-corrected chi connectivity index (χ4v) is 4.00. The van der Waals surface area contributed by atoms with Crippen LogP contribution in [0.4, 0.5) is 11.4 Å². The summed E-state index contributed by atoms with van der Waals surface area (Å²) in [6, 6.07) is 7.19. The molecule has 1 unspecified atom stereocenters. The van der Waals surface area contributed by atoms with Crippen molar-refractivity contribution >= 4 is 35.0 Å². The van der Waals surface area contributed by atoms with Crippen LogP contribution in [0.2, 0.25) is 0 Å². The standard InChI is InChI=1S/C17H24N2O2S/c1-12(22-16-6-4-3-5-7-16)17(21)19-15-10-8-14(9-11-15)18-13(2)20/h8-12,16H,3-7H2,1-2H3,(H,18,20)(H,19,21). The SMILES string of the molecule is CC(=O)Nc1ccc(NC(=O)C(C)SC2CCCCC2)cc1. The first-order valence-electron chi connectivity index (χ1n) is 7.88. The van der Waals surface area contributed by atoms with Gasteiger partial charge in [0.2, 0.25) is 11.8 Å². The maximum atomic E-state index is 12.2. The summed E-state index contributed by atoms with van der Waals surface area (Å²) in [6.07, 6.45) is 6.37. The molecule has 4 nitrogen and oxygen atoms in total. The van der Waals surface area contributed by atoms with Gasteiger partial charge < -0.3 is 10.6 Å². The largest absolute Gasteiger partial charge is 0.326 e. The highest BCUT2D eigenvalue weighted by Crippen LogP contribution is 2.31. The fraction of sp³-hybridized carbons (Fsp3) is 0.529. The summed E-state index contributed by atoms with van der Waals surface area (Å²) in [5, 5.41) is 6.22. The summed E-state index contributed by atoms with van der Waals surface area (Å²) >= 11 is 1.79. The van der Waals surface area contributed by atoms with Crippen molar-refractivity contribution in [1.82, 2.24) is 0 Å². The second kappa shape index (κ2) is 8.22. The van der Waals surface area contributed by atoms with Gasteiger partial charge in [-0.3, -0.25) is 9.59 Å². The minimum atomic E-state index is -0.103. The van der Waals surface area contributed by atoms with E-state index in [2.05, 4.69) is 10.6 Å². The predicted molar refractivity (Wildman–Crippen MR) is 93.3 cm³/mol. The predicted octanol–water partition coefficient (Wildman–Crippen LogP) is 4.04. The molecule has 1 saturated carbocycles. The van der Waals surface area contributed by atoms with Gasteiger partial charge in [0.25, 0.3) is 0 Å². The molecule has 2 N–H and O–H groups in total. The molecule has 0 radical (unpaired) electrons. The van der Waals surface area contributed by atoms with Crippen LogP contribution in [0, 0.1) is 0 Å². The van der Waals surface area contributed by atoms with Crippen LogP contribution in [0.15, 0.2) is 24.3 Å². The Hall–Kier alpha value is -1.49. The van der Waals surface area contributed by atoms with Crippen molar-refractivity contribution in [1.29, 1.82) is 0 Å². The molecule has 22 heavy (non-hydrogen) atoms. The van der Waals surface area contributed by atoms with Crippen molar-refractivity contribution in [3.63, 3.8) is 0 Å². The summed E-state index contributed by atoms with van der Waals surface area (Å²) in [5.41, 5.74) is 1.49. The molecule has 120 valence electrons. The van der Waals surface area contributed by atoms with Crippen molar-refractivity contribution in [3.05, 3.63) is 24.3 Å². The van der Waals surface area contributed by atoms with Gasteiger partial charge in [-0.2, -0.15) is 0 Å². The van der Waals surface area contributed by atoms with Gasteiger partial charge in [-0.1, -0.05) is 19.3 Å². The number of hydrogen-bond donors (Lipinski definition) is 2. The van der Waals surface area contributed by atoms with E-state index < -0.39 is 0 Å². The molecule has 0 bridgehead atoms. The Morgan fingerprint density at radius 3 is 2.14 bits per heavy atom. The molecule has 1 aromatic rings. The van der Waals surface area contributed by atoms with Gasteiger partial charge in [0, 0.05) is 23.5 Å². The Morgan fingerprint density at radius 1 is 1.05 bits per heavy atom. The number of nitrogens with one attached hydrogen (secondary N) is 2. The van der Waals surface area contributed by atoms with Crippen LogP contribution in [0.1, 0.15) is 46.0 Å². The molecule has 1 atom stereocenters. The smallest absolute Gasteiger partial charge is 0.237 e. The summed E-state index contributed by atoms with van der Waals surface area (Å²) in [7, 11) is 0. The molecule has 2 rings (SSSR count). The van der Waals surface area contributed by atoms with Crippen molar-refractivity contribution in [2.75, 3.05) is 10.6 Å². The molecule has 1 fully saturated rings. The lowest BCUT2D eigenvalue weighted by Crippen LogP contribution is -2.25. The third-order valence-electron chi connectivity index (χ3n) is 3.79. The normalized spacial score (nSPS) is 16.8. The summed E-state index contributed by atoms with van der Waals surface area (Å²) in [5.74, 6) is -0.0582. The second-order valence-electron chi connectivity index (χ2n) is 5.79. The van der Waals surface area contributed by atoms with Gasteiger partial charge in [0.1, 0.15) is 0 Å². The van der Waals surface area contributed by atoms with E-state index in [1.54, 1.807) is 36.0 Å². The zero-order valence-corrected chi connectivity index (χ0v) is 14.0. The minimum Gasteiger partial charge on any atom is -0.326 e. The van der Waals surface area contributed by atoms with Gasteiger partial charge in [0.05, 0.1) is 5.25 Å². The van der Waals surface area contributed by atoms with Crippen molar-refractivity contribution in [2.24, 2.45) is 0 Å². The van der Waals surface area contributed by atoms with Crippen molar-refractivity contribution < 1.29 is 9.59 Å². The lowest BCUT2D eigenvalue weighted by atomic mass is 10.0. The lowest BCUT2D eigenvalue weighted by molar-refractivity contribution is -0.115. The van der Waals surface area contributed by atoms with E-state index in [4.69, 9.17) is 0 Å². The maximum Gasteiger partial charge on any atom is 0.237 e. The van der Waals surface area contributed by atoms with Gasteiger partial charge in [-0.15, -0.1) is 11.8 Å². The van der Waals surface area contributed by atoms with Crippen LogP contribution in [-0.2, 0) is 9.59 Å². The van der Waals surface area contributed by atoms with E-state index in [-0.39, 0.29) is 17.1 Å². The average molecular weight is 320 g/mol. The monoisotopic (exact) mass is 320 g/mol. The number of rotatable bonds is 5. The number of benzene rings is 1. The Balaban J connectivity index is 1.83. The van der Waals surface area contributed by atoms with Crippen LogP contribution in [0.25, 0.3) is 0 Å². The van der Waals surface area contributed by atoms with E-state index >= 15 is 0 Å². The molecule has 2 amide bonds.